The highest BCUT2D eigenvalue weighted by Gasteiger charge is 2.61. The van der Waals surface area contributed by atoms with Crippen molar-refractivity contribution in [1.82, 2.24) is 0 Å². The van der Waals surface area contributed by atoms with E-state index in [-0.39, 0.29) is 18.3 Å². The molecule has 3 rings (SSSR count). The predicted octanol–water partition coefficient (Wildman–Crippen LogP) is 1.91. The summed E-state index contributed by atoms with van der Waals surface area (Å²) in [6, 6.07) is 0. The van der Waals surface area contributed by atoms with E-state index in [4.69, 9.17) is 9.47 Å². The van der Waals surface area contributed by atoms with Gasteiger partial charge in [0.15, 0.2) is 11.4 Å². The van der Waals surface area contributed by atoms with Gasteiger partial charge >= 0.3 is 5.97 Å². The lowest BCUT2D eigenvalue weighted by molar-refractivity contribution is -0.194. The van der Waals surface area contributed by atoms with Crippen LogP contribution in [0.3, 0.4) is 0 Å². The van der Waals surface area contributed by atoms with Crippen molar-refractivity contribution in [3.63, 3.8) is 0 Å². The lowest BCUT2D eigenvalue weighted by Gasteiger charge is -2.53. The zero-order chi connectivity index (χ0) is 19.7. The zero-order valence-electron chi connectivity index (χ0n) is 16.5. The highest BCUT2D eigenvalue weighted by Crippen LogP contribution is 2.54. The van der Waals surface area contributed by atoms with Gasteiger partial charge in [-0.3, -0.25) is 4.79 Å². The average Bonchev–Trinajstić information content (AvgIpc) is 3.09. The molecule has 2 aliphatic carbocycles. The Morgan fingerprint density at radius 2 is 1.92 bits per heavy atom. The number of esters is 1. The van der Waals surface area contributed by atoms with Crippen molar-refractivity contribution in [1.29, 1.82) is 0 Å². The summed E-state index contributed by atoms with van der Waals surface area (Å²) in [5, 5.41) is 21.6. The second kappa shape index (κ2) is 5.63. The quantitative estimate of drug-likeness (QED) is 0.585. The van der Waals surface area contributed by atoms with Gasteiger partial charge < -0.3 is 19.7 Å². The molecule has 0 amide bonds. The molecule has 26 heavy (non-hydrogen) atoms. The molecule has 0 aromatic heterocycles. The number of epoxide rings is 1. The van der Waals surface area contributed by atoms with Gasteiger partial charge in [0.2, 0.25) is 0 Å². The first-order chi connectivity index (χ1) is 11.7. The van der Waals surface area contributed by atoms with Gasteiger partial charge in [-0.2, -0.15) is 0 Å². The summed E-state index contributed by atoms with van der Waals surface area (Å²) in [7, 11) is 0. The van der Waals surface area contributed by atoms with E-state index in [1.54, 1.807) is 33.8 Å². The van der Waals surface area contributed by atoms with Crippen LogP contribution in [0, 0.1) is 11.3 Å². The Bertz CT molecular complexity index is 672. The van der Waals surface area contributed by atoms with Crippen molar-refractivity contribution in [3.8, 4) is 0 Å². The van der Waals surface area contributed by atoms with E-state index >= 15 is 0 Å². The fraction of sp³-hybridized carbons (Fsp3) is 0.800. The van der Waals surface area contributed by atoms with E-state index < -0.39 is 40.2 Å². The average molecular weight is 366 g/mol. The van der Waals surface area contributed by atoms with E-state index in [0.717, 1.165) is 0 Å². The number of hydrogen-bond donors (Lipinski definition) is 2. The highest BCUT2D eigenvalue weighted by molar-refractivity contribution is 5.98. The van der Waals surface area contributed by atoms with Crippen molar-refractivity contribution in [2.24, 2.45) is 11.3 Å². The molecule has 0 bridgehead atoms. The molecule has 0 unspecified atom stereocenters. The minimum Gasteiger partial charge on any atom is -0.457 e. The molecule has 2 N–H and O–H groups in total. The first-order valence-electron chi connectivity index (χ1n) is 9.31. The number of ether oxygens (including phenoxy) is 2. The largest absolute Gasteiger partial charge is 0.457 e. The third kappa shape index (κ3) is 2.92. The van der Waals surface area contributed by atoms with Gasteiger partial charge in [0, 0.05) is 17.9 Å². The molecule has 3 aliphatic rings. The molecule has 2 fully saturated rings. The zero-order valence-corrected chi connectivity index (χ0v) is 16.5. The minimum atomic E-state index is -1.34. The van der Waals surface area contributed by atoms with Crippen LogP contribution in [0.15, 0.2) is 11.6 Å². The Labute approximate surface area is 154 Å². The standard InChI is InChI=1S/C20H30O6/c1-11-20(6,26-11)16(22)25-15-7-8-18(4)10-13(21)12(17(2,3)23)9-14(18)19(15,5)24/h9,11,14-15,23-24H,7-8,10H2,1-6H3/t11-,14+,15-,18+,19-,20-/m0/s1. The van der Waals surface area contributed by atoms with E-state index in [1.807, 2.05) is 13.8 Å². The lowest BCUT2D eigenvalue weighted by atomic mass is 9.54. The lowest BCUT2D eigenvalue weighted by Crippen LogP contribution is -2.59. The van der Waals surface area contributed by atoms with Crippen LogP contribution >= 0.6 is 0 Å². The molecule has 0 aromatic carbocycles. The molecule has 1 saturated carbocycles. The molecule has 6 heteroatoms. The first kappa shape index (κ1) is 19.5. The molecular weight excluding hydrogens is 336 g/mol. The van der Waals surface area contributed by atoms with Gasteiger partial charge in [0.05, 0.1) is 11.7 Å². The summed E-state index contributed by atoms with van der Waals surface area (Å²) in [6.45, 7) is 10.3. The Kier molecular flexibility index (Phi) is 4.23. The van der Waals surface area contributed by atoms with Gasteiger partial charge in [-0.1, -0.05) is 13.0 Å². The summed E-state index contributed by atoms with van der Waals surface area (Å²) < 4.78 is 11.0. The summed E-state index contributed by atoms with van der Waals surface area (Å²) >= 11 is 0. The number of hydrogen-bond acceptors (Lipinski definition) is 6. The highest BCUT2D eigenvalue weighted by atomic mass is 16.7. The monoisotopic (exact) mass is 366 g/mol. The maximum Gasteiger partial charge on any atom is 0.341 e. The molecule has 6 nitrogen and oxygen atoms in total. The van der Waals surface area contributed by atoms with Crippen LogP contribution in [0.4, 0.5) is 0 Å². The number of rotatable bonds is 3. The van der Waals surface area contributed by atoms with Crippen LogP contribution in [0.1, 0.15) is 60.8 Å². The van der Waals surface area contributed by atoms with Gasteiger partial charge in [-0.15, -0.1) is 0 Å². The van der Waals surface area contributed by atoms with Crippen LogP contribution in [0.2, 0.25) is 0 Å². The van der Waals surface area contributed by atoms with Crippen molar-refractivity contribution >= 4 is 11.8 Å². The molecule has 0 aromatic rings. The van der Waals surface area contributed by atoms with Crippen LogP contribution in [0.5, 0.6) is 0 Å². The summed E-state index contributed by atoms with van der Waals surface area (Å²) in [4.78, 5) is 25.0. The second-order valence-corrected chi connectivity index (χ2v) is 9.40. The van der Waals surface area contributed by atoms with Gasteiger partial charge in [0.1, 0.15) is 11.7 Å². The number of carbonyl (C=O) groups excluding carboxylic acids is 2. The van der Waals surface area contributed by atoms with Crippen LogP contribution in [-0.4, -0.2) is 51.0 Å². The van der Waals surface area contributed by atoms with Crippen LogP contribution in [0.25, 0.3) is 0 Å². The first-order valence-corrected chi connectivity index (χ1v) is 9.31. The fourth-order valence-electron chi connectivity index (χ4n) is 4.62. The Hall–Kier alpha value is -1.24. The Morgan fingerprint density at radius 1 is 1.35 bits per heavy atom. The molecule has 0 radical (unpaired) electrons. The van der Waals surface area contributed by atoms with Gasteiger partial charge in [-0.25, -0.2) is 4.79 Å². The smallest absolute Gasteiger partial charge is 0.341 e. The third-order valence-electron chi connectivity index (χ3n) is 6.66. The molecule has 0 spiro atoms. The Balaban J connectivity index is 1.90. The van der Waals surface area contributed by atoms with Crippen molar-refractivity contribution < 1.29 is 29.3 Å². The number of aliphatic hydroxyl groups is 2. The molecule has 1 heterocycles. The molecule has 146 valence electrons. The number of fused-ring (bicyclic) bond motifs is 1. The van der Waals surface area contributed by atoms with Gasteiger partial charge in [-0.05, 0) is 52.9 Å². The minimum absolute atomic E-state index is 0.0878. The summed E-state index contributed by atoms with van der Waals surface area (Å²) in [6.07, 6.45) is 2.22. The van der Waals surface area contributed by atoms with Crippen molar-refractivity contribution in [3.05, 3.63) is 11.6 Å². The Morgan fingerprint density at radius 3 is 2.42 bits per heavy atom. The van der Waals surface area contributed by atoms with Crippen molar-refractivity contribution in [2.75, 3.05) is 0 Å². The number of Topliss-reactive ketones (excluding diaryl/α,β-unsaturated/α-hetero) is 1. The van der Waals surface area contributed by atoms with Gasteiger partial charge in [0.25, 0.3) is 0 Å². The molecule has 1 saturated heterocycles. The number of carbonyl (C=O) groups is 2. The third-order valence-corrected chi connectivity index (χ3v) is 6.66. The molecule has 1 aliphatic heterocycles. The molecular formula is C20H30O6. The summed E-state index contributed by atoms with van der Waals surface area (Å²) in [5.41, 5.74) is -3.66. The summed E-state index contributed by atoms with van der Waals surface area (Å²) in [5.74, 6) is -0.946. The number of ketones is 1. The predicted molar refractivity (Wildman–Crippen MR) is 94.3 cm³/mol. The van der Waals surface area contributed by atoms with E-state index in [2.05, 4.69) is 0 Å². The SMILES string of the molecule is C[C@@H]1O[C@]1(C)C(=O)O[C@H]1CC[C@]2(C)CC(=O)C(C(C)(C)O)=C[C@H]2[C@]1(C)O. The normalized spacial score (nSPS) is 45.6. The fourth-order valence-corrected chi connectivity index (χ4v) is 4.62. The van der Waals surface area contributed by atoms with E-state index in [9.17, 15) is 19.8 Å². The van der Waals surface area contributed by atoms with E-state index in [1.165, 1.54) is 0 Å². The van der Waals surface area contributed by atoms with Crippen LogP contribution in [-0.2, 0) is 19.1 Å². The van der Waals surface area contributed by atoms with Crippen molar-refractivity contribution in [2.45, 2.75) is 89.8 Å². The maximum absolute atomic E-state index is 12.5. The topological polar surface area (TPSA) is 96.4 Å². The maximum atomic E-state index is 12.5. The van der Waals surface area contributed by atoms with Crippen LogP contribution < -0.4 is 0 Å². The second-order valence-electron chi connectivity index (χ2n) is 9.40. The molecule has 6 atom stereocenters. The van der Waals surface area contributed by atoms with E-state index in [0.29, 0.717) is 18.4 Å².